The second kappa shape index (κ2) is 6.41. The van der Waals surface area contributed by atoms with Crippen LogP contribution < -0.4 is 21.9 Å². The average Bonchev–Trinajstić information content (AvgIpc) is 3.00. The van der Waals surface area contributed by atoms with Crippen molar-refractivity contribution < 1.29 is 9.90 Å². The molecule has 1 fully saturated rings. The van der Waals surface area contributed by atoms with Gasteiger partial charge in [-0.15, -0.1) is 0 Å². The quantitative estimate of drug-likeness (QED) is 0.606. The van der Waals surface area contributed by atoms with Crippen LogP contribution in [0.15, 0.2) is 15.7 Å². The van der Waals surface area contributed by atoms with Crippen LogP contribution in [0.25, 0.3) is 11.0 Å². The number of aromatic nitrogens is 3. The van der Waals surface area contributed by atoms with E-state index in [4.69, 9.17) is 0 Å². The van der Waals surface area contributed by atoms with Crippen LogP contribution in [-0.4, -0.2) is 50.9 Å². The van der Waals surface area contributed by atoms with Crippen molar-refractivity contribution in [2.24, 2.45) is 20.0 Å². The summed E-state index contributed by atoms with van der Waals surface area (Å²) in [5, 5.41) is 15.9. The molecule has 9 heteroatoms. The first kappa shape index (κ1) is 17.3. The normalized spacial score (nSPS) is 20.2. The van der Waals surface area contributed by atoms with Crippen molar-refractivity contribution in [3.05, 3.63) is 38.2 Å². The van der Waals surface area contributed by atoms with E-state index in [0.717, 1.165) is 4.57 Å². The Morgan fingerprint density at radius 2 is 2.08 bits per heavy atom. The van der Waals surface area contributed by atoms with E-state index in [2.05, 4.69) is 15.6 Å². The maximum absolute atomic E-state index is 12.4. The van der Waals surface area contributed by atoms with Crippen LogP contribution in [0.3, 0.4) is 0 Å². The van der Waals surface area contributed by atoms with Crippen LogP contribution in [0.5, 0.6) is 0 Å². The minimum absolute atomic E-state index is 0.0536. The van der Waals surface area contributed by atoms with Gasteiger partial charge >= 0.3 is 5.69 Å². The van der Waals surface area contributed by atoms with E-state index in [9.17, 15) is 19.5 Å². The average molecular weight is 347 g/mol. The maximum Gasteiger partial charge on any atom is 0.332 e. The second-order valence-corrected chi connectivity index (χ2v) is 6.42. The van der Waals surface area contributed by atoms with E-state index in [-0.39, 0.29) is 17.3 Å². The number of β-amino-alcohol motifs (C(OH)–C–C–N with tert-alkyl or cyclic N) is 1. The molecule has 134 valence electrons. The third-order valence-corrected chi connectivity index (χ3v) is 4.67. The number of nitrogens with zero attached hydrogens (tertiary/aromatic N) is 3. The van der Waals surface area contributed by atoms with Crippen molar-refractivity contribution in [3.63, 3.8) is 0 Å². The lowest BCUT2D eigenvalue weighted by atomic mass is 10.1. The molecule has 3 rings (SSSR count). The molecule has 1 amide bonds. The van der Waals surface area contributed by atoms with E-state index in [1.54, 1.807) is 6.92 Å². The molecule has 0 saturated carbocycles. The summed E-state index contributed by atoms with van der Waals surface area (Å²) in [4.78, 5) is 41.0. The fourth-order valence-electron chi connectivity index (χ4n) is 3.09. The van der Waals surface area contributed by atoms with Crippen LogP contribution in [0, 0.1) is 12.8 Å². The number of aryl methyl sites for hydroxylation is 2. The number of carbonyl (C=O) groups excluding carboxylic acids is 1. The molecule has 0 radical (unpaired) electrons. The molecule has 0 aromatic carbocycles. The number of pyridine rings is 1. The Kier molecular flexibility index (Phi) is 4.44. The molecule has 3 heterocycles. The van der Waals surface area contributed by atoms with Gasteiger partial charge in [-0.3, -0.25) is 18.7 Å². The number of hydrogen-bond donors (Lipinski definition) is 3. The van der Waals surface area contributed by atoms with E-state index >= 15 is 0 Å². The largest absolute Gasteiger partial charge is 0.391 e. The van der Waals surface area contributed by atoms with E-state index in [0.29, 0.717) is 30.6 Å². The zero-order valence-electron chi connectivity index (χ0n) is 14.4. The van der Waals surface area contributed by atoms with Crippen molar-refractivity contribution in [1.82, 2.24) is 24.8 Å². The standard InChI is InChI=1S/C16H21N5O4/c1-8-4-10(14(23)18-6-9-5-17-7-11(9)22)19-13-12(8)15(24)21(3)16(25)20(13)2/h4,9,11,17,22H,5-7H2,1-3H3,(H,18,23). The molecule has 2 atom stereocenters. The fraction of sp³-hybridized carbons (Fsp3) is 0.500. The van der Waals surface area contributed by atoms with E-state index in [1.807, 2.05) is 0 Å². The van der Waals surface area contributed by atoms with Crippen LogP contribution in [-0.2, 0) is 14.1 Å². The van der Waals surface area contributed by atoms with Gasteiger partial charge in [-0.2, -0.15) is 0 Å². The first-order valence-corrected chi connectivity index (χ1v) is 8.05. The molecular weight excluding hydrogens is 326 g/mol. The highest BCUT2D eigenvalue weighted by atomic mass is 16.3. The Labute approximate surface area is 143 Å². The Balaban J connectivity index is 1.96. The first-order valence-electron chi connectivity index (χ1n) is 8.05. The molecule has 2 aromatic rings. The van der Waals surface area contributed by atoms with Gasteiger partial charge in [0, 0.05) is 39.6 Å². The molecule has 1 aliphatic heterocycles. The number of amides is 1. The Bertz CT molecular complexity index is 962. The molecule has 1 aliphatic rings. The van der Waals surface area contributed by atoms with Crippen molar-refractivity contribution in [2.75, 3.05) is 19.6 Å². The molecular formula is C16H21N5O4. The molecule has 3 N–H and O–H groups in total. The second-order valence-electron chi connectivity index (χ2n) is 6.42. The Morgan fingerprint density at radius 1 is 1.36 bits per heavy atom. The zero-order chi connectivity index (χ0) is 18.3. The SMILES string of the molecule is Cc1cc(C(=O)NCC2CNCC2O)nc2c1c(=O)n(C)c(=O)n2C. The number of carbonyl (C=O) groups is 1. The van der Waals surface area contributed by atoms with Gasteiger partial charge in [0.15, 0.2) is 0 Å². The third-order valence-electron chi connectivity index (χ3n) is 4.67. The lowest BCUT2D eigenvalue weighted by molar-refractivity contribution is 0.0922. The zero-order valence-corrected chi connectivity index (χ0v) is 14.4. The highest BCUT2D eigenvalue weighted by Crippen LogP contribution is 2.13. The number of nitrogens with one attached hydrogen (secondary N) is 2. The molecule has 2 aromatic heterocycles. The summed E-state index contributed by atoms with van der Waals surface area (Å²) in [5.41, 5.74) is -0.0410. The highest BCUT2D eigenvalue weighted by Gasteiger charge is 2.25. The van der Waals surface area contributed by atoms with Crippen LogP contribution >= 0.6 is 0 Å². The monoisotopic (exact) mass is 347 g/mol. The summed E-state index contributed by atoms with van der Waals surface area (Å²) >= 11 is 0. The Morgan fingerprint density at radius 3 is 2.72 bits per heavy atom. The smallest absolute Gasteiger partial charge is 0.332 e. The summed E-state index contributed by atoms with van der Waals surface area (Å²) in [6.07, 6.45) is -0.490. The number of aliphatic hydroxyl groups excluding tert-OH is 1. The van der Waals surface area contributed by atoms with Gasteiger partial charge in [0.1, 0.15) is 11.3 Å². The summed E-state index contributed by atoms with van der Waals surface area (Å²) in [5.74, 6) is -0.459. The van der Waals surface area contributed by atoms with Gasteiger partial charge in [-0.25, -0.2) is 9.78 Å². The van der Waals surface area contributed by atoms with Crippen molar-refractivity contribution in [2.45, 2.75) is 13.0 Å². The van der Waals surface area contributed by atoms with Gasteiger partial charge in [0.2, 0.25) is 0 Å². The summed E-state index contributed by atoms with van der Waals surface area (Å²) in [6.45, 7) is 3.17. The lowest BCUT2D eigenvalue weighted by Crippen LogP contribution is -2.38. The summed E-state index contributed by atoms with van der Waals surface area (Å²) in [7, 11) is 2.92. The summed E-state index contributed by atoms with van der Waals surface area (Å²) < 4.78 is 2.27. The van der Waals surface area contributed by atoms with Gasteiger partial charge in [0.05, 0.1) is 11.5 Å². The maximum atomic E-state index is 12.4. The molecule has 0 aliphatic carbocycles. The number of rotatable bonds is 3. The van der Waals surface area contributed by atoms with Crippen LogP contribution in [0.1, 0.15) is 16.1 Å². The van der Waals surface area contributed by atoms with Crippen LogP contribution in [0.4, 0.5) is 0 Å². The Hall–Kier alpha value is -2.52. The predicted molar refractivity (Wildman–Crippen MR) is 91.7 cm³/mol. The van der Waals surface area contributed by atoms with E-state index in [1.165, 1.54) is 24.7 Å². The van der Waals surface area contributed by atoms with Gasteiger partial charge in [-0.05, 0) is 18.6 Å². The lowest BCUT2D eigenvalue weighted by Gasteiger charge is -2.15. The van der Waals surface area contributed by atoms with Gasteiger partial charge in [-0.1, -0.05) is 0 Å². The minimum Gasteiger partial charge on any atom is -0.391 e. The van der Waals surface area contributed by atoms with Gasteiger partial charge < -0.3 is 15.7 Å². The highest BCUT2D eigenvalue weighted by molar-refractivity contribution is 5.95. The van der Waals surface area contributed by atoms with Gasteiger partial charge in [0.25, 0.3) is 11.5 Å². The van der Waals surface area contributed by atoms with Crippen LogP contribution in [0.2, 0.25) is 0 Å². The van der Waals surface area contributed by atoms with Crippen molar-refractivity contribution in [1.29, 1.82) is 0 Å². The molecule has 25 heavy (non-hydrogen) atoms. The minimum atomic E-state index is -0.498. The molecule has 2 unspecified atom stereocenters. The van der Waals surface area contributed by atoms with E-state index < -0.39 is 23.3 Å². The topological polar surface area (TPSA) is 118 Å². The number of aliphatic hydroxyl groups is 1. The molecule has 0 bridgehead atoms. The third kappa shape index (κ3) is 2.96. The first-order chi connectivity index (χ1) is 11.8. The fourth-order valence-corrected chi connectivity index (χ4v) is 3.09. The molecule has 1 saturated heterocycles. The number of hydrogen-bond acceptors (Lipinski definition) is 6. The van der Waals surface area contributed by atoms with Crippen molar-refractivity contribution in [3.8, 4) is 0 Å². The van der Waals surface area contributed by atoms with Crippen molar-refractivity contribution >= 4 is 16.9 Å². The molecule has 0 spiro atoms. The summed E-state index contributed by atoms with van der Waals surface area (Å²) in [6, 6.07) is 1.53. The predicted octanol–water partition coefficient (Wildman–Crippen LogP) is -1.75. The number of fused-ring (bicyclic) bond motifs is 1. The molecule has 9 nitrogen and oxygen atoms in total.